The molecule has 1 fully saturated rings. The van der Waals surface area contributed by atoms with Gasteiger partial charge in [0.1, 0.15) is 12.2 Å². The van der Waals surface area contributed by atoms with Gasteiger partial charge in [0, 0.05) is 25.2 Å². The van der Waals surface area contributed by atoms with Crippen molar-refractivity contribution in [3.8, 4) is 0 Å². The van der Waals surface area contributed by atoms with Gasteiger partial charge in [-0.1, -0.05) is 67.0 Å². The van der Waals surface area contributed by atoms with E-state index in [-0.39, 0.29) is 27.8 Å². The molecule has 2 N–H and O–H groups in total. The van der Waals surface area contributed by atoms with Gasteiger partial charge in [-0.15, -0.1) is 5.01 Å². The second-order valence-corrected chi connectivity index (χ2v) is 13.6. The first-order chi connectivity index (χ1) is 22.4. The number of hydrogen-bond donors (Lipinski definition) is 2. The van der Waals surface area contributed by atoms with Crippen LogP contribution in [0.5, 0.6) is 0 Å². The Labute approximate surface area is 275 Å². The molecule has 1 saturated heterocycles. The number of piperazine rings is 1. The summed E-state index contributed by atoms with van der Waals surface area (Å²) in [4.78, 5) is 94.7. The SMILES string of the molecule is CC(=O)N1C(=O)C(=O)[N+](Cc2ccc(S(C)(=O)=O)cc2)(N(C(=O)C(=O)O)c2ccccc2C(=O)O)C(=O)C1Cc1cccc(C(C)C)c1. The lowest BCUT2D eigenvalue weighted by molar-refractivity contribution is -0.794. The van der Waals surface area contributed by atoms with E-state index >= 15 is 0 Å². The monoisotopic (exact) mass is 678 g/mol. The molecule has 0 spiro atoms. The topological polar surface area (TPSA) is 201 Å². The molecule has 2 unspecified atom stereocenters. The van der Waals surface area contributed by atoms with Crippen LogP contribution >= 0.6 is 0 Å². The summed E-state index contributed by atoms with van der Waals surface area (Å²) in [6.45, 7) is 3.86. The van der Waals surface area contributed by atoms with Gasteiger partial charge in [0.15, 0.2) is 15.9 Å². The van der Waals surface area contributed by atoms with Crippen LogP contribution in [0.2, 0.25) is 0 Å². The average molecular weight is 679 g/mol. The van der Waals surface area contributed by atoms with E-state index in [9.17, 15) is 52.2 Å². The highest BCUT2D eigenvalue weighted by Crippen LogP contribution is 2.36. The van der Waals surface area contributed by atoms with Crippen molar-refractivity contribution in [1.29, 1.82) is 0 Å². The molecule has 1 heterocycles. The third-order valence-electron chi connectivity index (χ3n) is 7.93. The van der Waals surface area contributed by atoms with Gasteiger partial charge in [-0.25, -0.2) is 27.6 Å². The van der Waals surface area contributed by atoms with Crippen LogP contribution in [-0.4, -0.2) is 81.9 Å². The van der Waals surface area contributed by atoms with Crippen molar-refractivity contribution in [2.45, 2.75) is 50.6 Å². The number of aliphatic carboxylic acids is 1. The lowest BCUT2D eigenvalue weighted by atomic mass is 9.95. The molecule has 0 aliphatic carbocycles. The highest BCUT2D eigenvalue weighted by atomic mass is 32.2. The Morgan fingerprint density at radius 2 is 1.52 bits per heavy atom. The Morgan fingerprint density at radius 1 is 0.896 bits per heavy atom. The summed E-state index contributed by atoms with van der Waals surface area (Å²) < 4.78 is 22.2. The van der Waals surface area contributed by atoms with Crippen LogP contribution in [0.15, 0.2) is 77.7 Å². The van der Waals surface area contributed by atoms with Gasteiger partial charge in [-0.3, -0.25) is 19.3 Å². The van der Waals surface area contributed by atoms with Gasteiger partial charge >= 0.3 is 35.6 Å². The molecular weight excluding hydrogens is 646 g/mol. The number of carbonyl (C=O) groups excluding carboxylic acids is 5. The molecule has 3 aromatic carbocycles. The number of amides is 5. The first-order valence-corrected chi connectivity index (χ1v) is 16.4. The number of rotatable bonds is 9. The van der Waals surface area contributed by atoms with Crippen LogP contribution in [-0.2, 0) is 51.6 Å². The summed E-state index contributed by atoms with van der Waals surface area (Å²) >= 11 is 0. The van der Waals surface area contributed by atoms with Crippen molar-refractivity contribution in [3.05, 3.63) is 95.1 Å². The molecule has 5 amide bonds. The molecule has 1 aliphatic heterocycles. The minimum Gasteiger partial charge on any atom is -0.478 e. The molecular formula is C33H32N3O11S+. The molecule has 15 heteroatoms. The zero-order valence-corrected chi connectivity index (χ0v) is 27.1. The summed E-state index contributed by atoms with van der Waals surface area (Å²) in [7, 11) is -3.71. The lowest BCUT2D eigenvalue weighted by Crippen LogP contribution is -2.79. The van der Waals surface area contributed by atoms with Gasteiger partial charge in [0.2, 0.25) is 5.91 Å². The molecule has 48 heavy (non-hydrogen) atoms. The number of anilines is 1. The van der Waals surface area contributed by atoms with Gasteiger partial charge in [-0.2, -0.15) is 0 Å². The number of nitrogens with zero attached hydrogens (tertiary/aromatic N) is 3. The number of para-hydroxylation sites is 1. The summed E-state index contributed by atoms with van der Waals surface area (Å²) in [6, 6.07) is 14.3. The highest BCUT2D eigenvalue weighted by molar-refractivity contribution is 7.90. The summed E-state index contributed by atoms with van der Waals surface area (Å²) in [6.07, 6.45) is 0.596. The quantitative estimate of drug-likeness (QED) is 0.191. The van der Waals surface area contributed by atoms with Gasteiger partial charge < -0.3 is 10.2 Å². The number of carbonyl (C=O) groups is 7. The number of aromatic carboxylic acids is 1. The fourth-order valence-corrected chi connectivity index (χ4v) is 6.23. The summed E-state index contributed by atoms with van der Waals surface area (Å²) in [5, 5.41) is 20.1. The number of quaternary nitrogens is 1. The van der Waals surface area contributed by atoms with Crippen molar-refractivity contribution < 1.29 is 56.8 Å². The predicted molar refractivity (Wildman–Crippen MR) is 168 cm³/mol. The van der Waals surface area contributed by atoms with E-state index in [1.54, 1.807) is 18.2 Å². The Balaban J connectivity index is 2.08. The van der Waals surface area contributed by atoms with E-state index < -0.39 is 79.7 Å². The highest BCUT2D eigenvalue weighted by Gasteiger charge is 2.66. The molecule has 2 atom stereocenters. The van der Waals surface area contributed by atoms with E-state index in [1.165, 1.54) is 24.3 Å². The number of carboxylic acid groups (broad SMARTS) is 2. The maximum atomic E-state index is 15.0. The van der Waals surface area contributed by atoms with Crippen LogP contribution < -0.4 is 5.01 Å². The van der Waals surface area contributed by atoms with Crippen LogP contribution in [0.1, 0.15) is 53.7 Å². The largest absolute Gasteiger partial charge is 0.478 e. The summed E-state index contributed by atoms with van der Waals surface area (Å²) in [5.74, 6) is -11.3. The predicted octanol–water partition coefficient (Wildman–Crippen LogP) is 2.31. The third-order valence-corrected chi connectivity index (χ3v) is 9.06. The molecule has 250 valence electrons. The molecule has 0 aromatic heterocycles. The molecule has 0 radical (unpaired) electrons. The minimum atomic E-state index is -3.71. The van der Waals surface area contributed by atoms with Crippen LogP contribution in [0.4, 0.5) is 5.69 Å². The molecule has 1 aliphatic rings. The molecule has 0 bridgehead atoms. The standard InChI is InChI=1S/C33H31N3O11S/c1-19(2)23-9-7-8-22(16-23)17-27-30(40)36(31(41)28(38)34(27)20(3)37,18-21-12-14-24(15-13-21)48(4,46)47)35(29(39)33(44)45)26-11-6-5-10-25(26)32(42)43/h5-16,19,27H,17-18H2,1-4H3,(H-,42,43,44,45)/p+1. The maximum Gasteiger partial charge on any atom is 0.436 e. The number of sulfone groups is 1. The Hall–Kier alpha value is -5.54. The minimum absolute atomic E-state index is 0.00951. The van der Waals surface area contributed by atoms with E-state index in [0.29, 0.717) is 10.5 Å². The number of carboxylic acids is 2. The van der Waals surface area contributed by atoms with Crippen molar-refractivity contribution in [2.75, 3.05) is 11.3 Å². The van der Waals surface area contributed by atoms with Crippen LogP contribution in [0, 0.1) is 0 Å². The molecule has 14 nitrogen and oxygen atoms in total. The second kappa shape index (κ2) is 13.3. The molecule has 0 saturated carbocycles. The Kier molecular flexibility index (Phi) is 9.78. The fourth-order valence-electron chi connectivity index (χ4n) is 5.60. The molecule has 4 rings (SSSR count). The zero-order chi connectivity index (χ0) is 35.7. The first kappa shape index (κ1) is 35.3. The van der Waals surface area contributed by atoms with Gasteiger partial charge in [0.05, 0.1) is 10.5 Å². The zero-order valence-electron chi connectivity index (χ0n) is 26.3. The normalized spacial score (nSPS) is 18.1. The fraction of sp³-hybridized carbons (Fsp3) is 0.242. The average Bonchev–Trinajstić information content (AvgIpc) is 3.02. The van der Waals surface area contributed by atoms with E-state index in [4.69, 9.17) is 0 Å². The molecule has 3 aromatic rings. The van der Waals surface area contributed by atoms with Crippen LogP contribution in [0.3, 0.4) is 0 Å². The number of hydrogen-bond acceptors (Lipinski definition) is 9. The van der Waals surface area contributed by atoms with Crippen molar-refractivity contribution >= 4 is 57.0 Å². The van der Waals surface area contributed by atoms with Crippen molar-refractivity contribution in [2.24, 2.45) is 0 Å². The maximum absolute atomic E-state index is 15.0. The smallest absolute Gasteiger partial charge is 0.436 e. The van der Waals surface area contributed by atoms with Crippen LogP contribution in [0.25, 0.3) is 0 Å². The van der Waals surface area contributed by atoms with Crippen molar-refractivity contribution in [3.63, 3.8) is 0 Å². The van der Waals surface area contributed by atoms with E-state index in [1.807, 2.05) is 19.9 Å². The number of benzene rings is 3. The van der Waals surface area contributed by atoms with E-state index in [0.717, 1.165) is 43.0 Å². The first-order valence-electron chi connectivity index (χ1n) is 14.5. The lowest BCUT2D eigenvalue weighted by Gasteiger charge is -2.46. The Morgan fingerprint density at radius 3 is 2.06 bits per heavy atom. The second-order valence-electron chi connectivity index (χ2n) is 11.5. The summed E-state index contributed by atoms with van der Waals surface area (Å²) in [5.41, 5.74) is -0.0793. The van der Waals surface area contributed by atoms with Gasteiger partial charge in [-0.05, 0) is 41.3 Å². The van der Waals surface area contributed by atoms with Gasteiger partial charge in [0.25, 0.3) is 0 Å². The van der Waals surface area contributed by atoms with Crippen molar-refractivity contribution in [1.82, 2.24) is 4.90 Å². The Bertz CT molecular complexity index is 1970. The third kappa shape index (κ3) is 6.50. The number of imide groups is 2. The van der Waals surface area contributed by atoms with E-state index in [2.05, 4.69) is 0 Å².